The molecule has 0 radical (unpaired) electrons. The summed E-state index contributed by atoms with van der Waals surface area (Å²) in [5, 5.41) is 3.10. The molecule has 4 nitrogen and oxygen atoms in total. The van der Waals surface area contributed by atoms with Gasteiger partial charge in [-0.15, -0.1) is 12.6 Å². The van der Waals surface area contributed by atoms with Gasteiger partial charge in [0.1, 0.15) is 0 Å². The lowest BCUT2D eigenvalue weighted by atomic mass is 9.83. The van der Waals surface area contributed by atoms with Crippen LogP contribution in [0.5, 0.6) is 0 Å². The molecule has 0 aromatic rings. The highest BCUT2D eigenvalue weighted by molar-refractivity contribution is 7.84. The summed E-state index contributed by atoms with van der Waals surface area (Å²) in [6, 6.07) is -0.105. The van der Waals surface area contributed by atoms with Crippen molar-refractivity contribution in [1.82, 2.24) is 10.2 Å². The number of rotatable bonds is 3. The largest absolute Gasteiger partial charge is 0.404 e. The second kappa shape index (κ2) is 5.78. The van der Waals surface area contributed by atoms with Gasteiger partial charge in [-0.3, -0.25) is 4.79 Å². The molecule has 0 aliphatic carbocycles. The van der Waals surface area contributed by atoms with Crippen molar-refractivity contribution in [1.29, 1.82) is 0 Å². The third-order valence-electron chi connectivity index (χ3n) is 3.32. The van der Waals surface area contributed by atoms with Gasteiger partial charge in [0, 0.05) is 17.6 Å². The molecule has 1 unspecified atom stereocenters. The quantitative estimate of drug-likeness (QED) is 0.660. The summed E-state index contributed by atoms with van der Waals surface area (Å²) in [6.45, 7) is 5.68. The minimum absolute atomic E-state index is 0.105. The lowest BCUT2D eigenvalue weighted by Crippen LogP contribution is -2.44. The predicted octanol–water partition coefficient (Wildman–Crippen LogP) is 0.953. The Morgan fingerprint density at radius 2 is 2.35 bits per heavy atom. The first kappa shape index (κ1) is 14.4. The van der Waals surface area contributed by atoms with E-state index in [0.29, 0.717) is 6.54 Å². The average molecular weight is 257 g/mol. The zero-order valence-corrected chi connectivity index (χ0v) is 11.8. The molecular formula is C12H23N3OS. The highest BCUT2D eigenvalue weighted by Gasteiger charge is 2.34. The Balaban J connectivity index is 2.81. The number of nitrogens with zero attached hydrogens (tertiary/aromatic N) is 1. The smallest absolute Gasteiger partial charge is 0.240 e. The summed E-state index contributed by atoms with van der Waals surface area (Å²) < 4.78 is 0. The SMILES string of the molecule is CNC1CC(C)(C)CCN(C/C(S)=C/N)C1=O. The number of carbonyl (C=O) groups excluding carboxylic acids is 1. The minimum Gasteiger partial charge on any atom is -0.404 e. The molecular weight excluding hydrogens is 234 g/mol. The Hall–Kier alpha value is -0.680. The van der Waals surface area contributed by atoms with E-state index in [9.17, 15) is 4.79 Å². The van der Waals surface area contributed by atoms with Gasteiger partial charge >= 0.3 is 0 Å². The Labute approximate surface area is 109 Å². The first-order valence-electron chi connectivity index (χ1n) is 5.95. The van der Waals surface area contributed by atoms with Crippen LogP contribution in [0.25, 0.3) is 0 Å². The molecule has 1 heterocycles. The van der Waals surface area contributed by atoms with Gasteiger partial charge in [-0.2, -0.15) is 0 Å². The second-order valence-corrected chi connectivity index (χ2v) is 5.95. The molecule has 3 N–H and O–H groups in total. The summed E-state index contributed by atoms with van der Waals surface area (Å²) in [5.74, 6) is 0.145. The molecule has 5 heteroatoms. The number of nitrogens with one attached hydrogen (secondary N) is 1. The van der Waals surface area contributed by atoms with Crippen LogP contribution in [-0.2, 0) is 4.79 Å². The number of amides is 1. The molecule has 17 heavy (non-hydrogen) atoms. The molecule has 1 aliphatic rings. The first-order valence-corrected chi connectivity index (χ1v) is 6.40. The lowest BCUT2D eigenvalue weighted by Gasteiger charge is -2.24. The standard InChI is InChI=1S/C12H23N3OS/c1-12(2)4-5-15(8-9(17)7-13)11(16)10(6-12)14-3/h7,10,14,17H,4-6,8,13H2,1-3H3/b9-7-. The fourth-order valence-electron chi connectivity index (χ4n) is 2.14. The summed E-state index contributed by atoms with van der Waals surface area (Å²) >= 11 is 4.24. The molecule has 0 saturated carbocycles. The number of likely N-dealkylation sites (N-methyl/N-ethyl adjacent to an activating group) is 1. The Morgan fingerprint density at radius 3 is 2.88 bits per heavy atom. The van der Waals surface area contributed by atoms with Gasteiger partial charge in [-0.05, 0) is 25.3 Å². The lowest BCUT2D eigenvalue weighted by molar-refractivity contribution is -0.132. The van der Waals surface area contributed by atoms with Crippen LogP contribution in [0.4, 0.5) is 0 Å². The third kappa shape index (κ3) is 3.92. The molecule has 0 aromatic carbocycles. The van der Waals surface area contributed by atoms with E-state index >= 15 is 0 Å². The van der Waals surface area contributed by atoms with Gasteiger partial charge in [-0.1, -0.05) is 13.8 Å². The van der Waals surface area contributed by atoms with Crippen molar-refractivity contribution < 1.29 is 4.79 Å². The molecule has 1 rings (SSSR count). The number of carbonyl (C=O) groups is 1. The van der Waals surface area contributed by atoms with Crippen molar-refractivity contribution in [3.05, 3.63) is 11.1 Å². The molecule has 1 atom stereocenters. The van der Waals surface area contributed by atoms with Crippen molar-refractivity contribution >= 4 is 18.5 Å². The summed E-state index contributed by atoms with van der Waals surface area (Å²) in [5.41, 5.74) is 5.58. The Kier molecular flexibility index (Phi) is 4.89. The van der Waals surface area contributed by atoms with E-state index in [0.717, 1.165) is 24.3 Å². The molecule has 98 valence electrons. The Bertz CT molecular complexity index is 315. The normalized spacial score (nSPS) is 25.9. The van der Waals surface area contributed by atoms with Crippen molar-refractivity contribution in [2.45, 2.75) is 32.7 Å². The molecule has 0 aromatic heterocycles. The van der Waals surface area contributed by atoms with E-state index in [4.69, 9.17) is 5.73 Å². The van der Waals surface area contributed by atoms with Crippen LogP contribution in [-0.4, -0.2) is 37.0 Å². The van der Waals surface area contributed by atoms with Crippen LogP contribution in [0.15, 0.2) is 11.1 Å². The number of thiol groups is 1. The van der Waals surface area contributed by atoms with Crippen LogP contribution in [0, 0.1) is 5.41 Å². The van der Waals surface area contributed by atoms with Crippen LogP contribution < -0.4 is 11.1 Å². The summed E-state index contributed by atoms with van der Waals surface area (Å²) in [4.78, 5) is 14.8. The molecule has 1 aliphatic heterocycles. The van der Waals surface area contributed by atoms with Crippen LogP contribution in [0.3, 0.4) is 0 Å². The fourth-order valence-corrected chi connectivity index (χ4v) is 2.31. The van der Waals surface area contributed by atoms with Gasteiger partial charge in [-0.25, -0.2) is 0 Å². The van der Waals surface area contributed by atoms with Crippen molar-refractivity contribution in [2.24, 2.45) is 11.1 Å². The van der Waals surface area contributed by atoms with Gasteiger partial charge in [0.05, 0.1) is 12.6 Å². The second-order valence-electron chi connectivity index (χ2n) is 5.38. The molecule has 1 fully saturated rings. The Morgan fingerprint density at radius 1 is 1.71 bits per heavy atom. The number of hydrogen-bond acceptors (Lipinski definition) is 4. The van der Waals surface area contributed by atoms with Gasteiger partial charge < -0.3 is 16.0 Å². The highest BCUT2D eigenvalue weighted by Crippen LogP contribution is 2.30. The van der Waals surface area contributed by atoms with E-state index < -0.39 is 0 Å². The van der Waals surface area contributed by atoms with E-state index in [1.165, 1.54) is 6.20 Å². The van der Waals surface area contributed by atoms with Crippen LogP contribution in [0.1, 0.15) is 26.7 Å². The maximum atomic E-state index is 12.3. The molecule has 0 spiro atoms. The van der Waals surface area contributed by atoms with Crippen molar-refractivity contribution in [2.75, 3.05) is 20.1 Å². The highest BCUT2D eigenvalue weighted by atomic mass is 32.1. The van der Waals surface area contributed by atoms with Gasteiger partial charge in [0.2, 0.25) is 5.91 Å². The van der Waals surface area contributed by atoms with E-state index in [-0.39, 0.29) is 17.4 Å². The number of nitrogens with two attached hydrogens (primary N) is 1. The average Bonchev–Trinajstić information content (AvgIpc) is 2.39. The number of likely N-dealkylation sites (tertiary alicyclic amines) is 1. The minimum atomic E-state index is -0.105. The maximum Gasteiger partial charge on any atom is 0.240 e. The topological polar surface area (TPSA) is 58.4 Å². The summed E-state index contributed by atoms with van der Waals surface area (Å²) in [7, 11) is 1.84. The van der Waals surface area contributed by atoms with Crippen LogP contribution in [0.2, 0.25) is 0 Å². The third-order valence-corrected chi connectivity index (χ3v) is 3.61. The van der Waals surface area contributed by atoms with E-state index in [1.807, 2.05) is 11.9 Å². The van der Waals surface area contributed by atoms with Crippen molar-refractivity contribution in [3.63, 3.8) is 0 Å². The first-order chi connectivity index (χ1) is 7.89. The van der Waals surface area contributed by atoms with Crippen LogP contribution >= 0.6 is 12.6 Å². The summed E-state index contributed by atoms with van der Waals surface area (Å²) in [6.07, 6.45) is 3.32. The van der Waals surface area contributed by atoms with Gasteiger partial charge in [0.25, 0.3) is 0 Å². The van der Waals surface area contributed by atoms with Crippen molar-refractivity contribution in [3.8, 4) is 0 Å². The monoisotopic (exact) mass is 257 g/mol. The maximum absolute atomic E-state index is 12.3. The van der Waals surface area contributed by atoms with Gasteiger partial charge in [0.15, 0.2) is 0 Å². The van der Waals surface area contributed by atoms with E-state index in [1.54, 1.807) is 0 Å². The molecule has 1 saturated heterocycles. The number of hydrogen-bond donors (Lipinski definition) is 3. The zero-order valence-electron chi connectivity index (χ0n) is 10.9. The molecule has 1 amide bonds. The zero-order chi connectivity index (χ0) is 13.1. The van der Waals surface area contributed by atoms with E-state index in [2.05, 4.69) is 31.8 Å². The fraction of sp³-hybridized carbons (Fsp3) is 0.750. The predicted molar refractivity (Wildman–Crippen MR) is 73.7 cm³/mol. The molecule has 0 bridgehead atoms.